The number of piperidine rings is 2. The number of hydrogen-bond donors (Lipinski definition) is 1. The highest BCUT2D eigenvalue weighted by molar-refractivity contribution is 5.78. The van der Waals surface area contributed by atoms with E-state index in [0.717, 1.165) is 68.4 Å². The van der Waals surface area contributed by atoms with Gasteiger partial charge in [-0.05, 0) is 101 Å². The second-order valence-electron chi connectivity index (χ2n) is 12.4. The number of likely N-dealkylation sites (tertiary alicyclic amines) is 2. The van der Waals surface area contributed by atoms with Gasteiger partial charge in [-0.2, -0.15) is 0 Å². The molecule has 6 heteroatoms. The summed E-state index contributed by atoms with van der Waals surface area (Å²) in [6.07, 6.45) is 15.7. The zero-order chi connectivity index (χ0) is 34.4. The average molecular weight is 633 g/mol. The molecule has 6 nitrogen and oxygen atoms in total. The van der Waals surface area contributed by atoms with Crippen molar-refractivity contribution in [3.8, 4) is 0 Å². The van der Waals surface area contributed by atoms with Gasteiger partial charge in [-0.1, -0.05) is 79.2 Å². The van der Waals surface area contributed by atoms with E-state index in [2.05, 4.69) is 74.6 Å². The highest BCUT2D eigenvalue weighted by atomic mass is 16.3. The predicted octanol–water partition coefficient (Wildman–Crippen LogP) is 9.76. The lowest BCUT2D eigenvalue weighted by molar-refractivity contribution is -0.122. The second-order valence-corrected chi connectivity index (χ2v) is 12.4. The van der Waals surface area contributed by atoms with Crippen LogP contribution in [-0.2, 0) is 17.8 Å². The van der Waals surface area contributed by atoms with Crippen molar-refractivity contribution < 1.29 is 9.90 Å². The van der Waals surface area contributed by atoms with Crippen LogP contribution in [0, 0.1) is 6.92 Å². The Labute approximate surface area is 281 Å². The van der Waals surface area contributed by atoms with Crippen LogP contribution in [-0.4, -0.2) is 63.5 Å². The van der Waals surface area contributed by atoms with Crippen LogP contribution in [0.1, 0.15) is 135 Å². The molecule has 46 heavy (non-hydrogen) atoms. The van der Waals surface area contributed by atoms with Crippen molar-refractivity contribution in [2.24, 2.45) is 0 Å². The summed E-state index contributed by atoms with van der Waals surface area (Å²) in [5.74, 6) is 0. The summed E-state index contributed by atoms with van der Waals surface area (Å²) in [6.45, 7) is 33.8. The monoisotopic (exact) mass is 633 g/mol. The Bertz CT molecular complexity index is 1270. The van der Waals surface area contributed by atoms with E-state index in [0.29, 0.717) is 0 Å². The Hall–Kier alpha value is -3.12. The summed E-state index contributed by atoms with van der Waals surface area (Å²) in [4.78, 5) is 21.3. The maximum Gasteiger partial charge on any atom is 0.290 e. The van der Waals surface area contributed by atoms with Crippen LogP contribution in [0.3, 0.4) is 0 Å². The van der Waals surface area contributed by atoms with Gasteiger partial charge in [-0.3, -0.25) is 9.78 Å². The summed E-state index contributed by atoms with van der Waals surface area (Å²) >= 11 is 0. The highest BCUT2D eigenvalue weighted by Crippen LogP contribution is 2.44. The Morgan fingerprint density at radius 2 is 1.65 bits per heavy atom. The number of rotatable bonds is 8. The van der Waals surface area contributed by atoms with Crippen molar-refractivity contribution in [1.82, 2.24) is 19.7 Å². The van der Waals surface area contributed by atoms with E-state index in [1.165, 1.54) is 90.0 Å². The lowest BCUT2D eigenvalue weighted by Gasteiger charge is -2.41. The molecule has 4 aliphatic heterocycles. The molecule has 0 amide bonds. The van der Waals surface area contributed by atoms with Gasteiger partial charge in [0.1, 0.15) is 0 Å². The molecule has 0 aromatic carbocycles. The van der Waals surface area contributed by atoms with Gasteiger partial charge in [0.15, 0.2) is 0 Å². The van der Waals surface area contributed by atoms with Crippen molar-refractivity contribution in [2.75, 3.05) is 26.2 Å². The Morgan fingerprint density at radius 3 is 2.22 bits per heavy atom. The molecule has 0 aliphatic carbocycles. The van der Waals surface area contributed by atoms with E-state index in [1.54, 1.807) is 0 Å². The van der Waals surface area contributed by atoms with Gasteiger partial charge < -0.3 is 19.8 Å². The molecule has 2 saturated heterocycles. The molecule has 0 bridgehead atoms. The van der Waals surface area contributed by atoms with E-state index in [1.807, 2.05) is 27.7 Å². The van der Waals surface area contributed by atoms with E-state index >= 15 is 0 Å². The smallest absolute Gasteiger partial charge is 0.290 e. The number of allylic oxidation sites excluding steroid dienone is 4. The number of hydrogen-bond acceptors (Lipinski definition) is 5. The first kappa shape index (κ1) is 39.1. The number of aromatic nitrogens is 1. The van der Waals surface area contributed by atoms with Crippen molar-refractivity contribution in [1.29, 1.82) is 0 Å². The Kier molecular flexibility index (Phi) is 16.6. The molecule has 0 unspecified atom stereocenters. The van der Waals surface area contributed by atoms with Crippen LogP contribution in [0.25, 0.3) is 11.8 Å². The zero-order valence-electron chi connectivity index (χ0n) is 30.8. The number of pyridine rings is 1. The van der Waals surface area contributed by atoms with Gasteiger partial charge in [0.2, 0.25) is 0 Å². The first-order chi connectivity index (χ1) is 22.2. The summed E-state index contributed by atoms with van der Waals surface area (Å²) in [5, 5.41) is 6.89. The number of aryl methyl sites for hydroxylation is 1. The van der Waals surface area contributed by atoms with Gasteiger partial charge >= 0.3 is 0 Å². The number of carbonyl (C=O) groups is 1. The molecule has 1 aromatic rings. The molecule has 256 valence electrons. The Balaban J connectivity index is 0.000000977. The van der Waals surface area contributed by atoms with E-state index in [9.17, 15) is 0 Å². The van der Waals surface area contributed by atoms with Gasteiger partial charge in [-0.15, -0.1) is 0 Å². The minimum absolute atomic E-state index is 0.250. The molecule has 0 saturated carbocycles. The first-order valence-electron chi connectivity index (χ1n) is 18.1. The normalized spacial score (nSPS) is 18.2. The fraction of sp³-hybridized carbons (Fsp3) is 0.600. The third kappa shape index (κ3) is 9.24. The van der Waals surface area contributed by atoms with Crippen molar-refractivity contribution in [3.05, 3.63) is 75.4 Å². The fourth-order valence-electron chi connectivity index (χ4n) is 7.39. The van der Waals surface area contributed by atoms with Crippen LogP contribution in [0.2, 0.25) is 0 Å². The molecule has 5 rings (SSSR count). The molecular formula is C40H64N4O2. The molecule has 1 N–H and O–H groups in total. The van der Waals surface area contributed by atoms with Crippen LogP contribution in [0.4, 0.5) is 0 Å². The molecule has 2 fully saturated rings. The van der Waals surface area contributed by atoms with Crippen LogP contribution < -0.4 is 0 Å². The first-order valence-corrected chi connectivity index (χ1v) is 18.1. The van der Waals surface area contributed by atoms with E-state index < -0.39 is 0 Å². The summed E-state index contributed by atoms with van der Waals surface area (Å²) in [5.41, 5.74) is 14.2. The standard InChI is InChI=1S/C35H50N4.2C2H6.CH2O2/c1-8-13-31-25(4)22-34-35-33(23-39(34)28(31)7)30(9-2)32(27(6)36-35)21-24(3)20-26(5)37-18-14-29(15-19-37)38-16-11-10-12-17-38;2*1-2;2-1-3/h21-22,29H,5,7-20,23H2,1-4,6H3;2*1-2H3;1H,(H,2,3)/b24-21+;;;. The fourth-order valence-corrected chi connectivity index (χ4v) is 7.39. The minimum Gasteiger partial charge on any atom is -0.483 e. The van der Waals surface area contributed by atoms with Crippen LogP contribution in [0.15, 0.2) is 47.3 Å². The third-order valence-electron chi connectivity index (χ3n) is 9.54. The largest absolute Gasteiger partial charge is 0.483 e. The molecule has 0 radical (unpaired) electrons. The quantitative estimate of drug-likeness (QED) is 0.288. The highest BCUT2D eigenvalue weighted by Gasteiger charge is 2.34. The van der Waals surface area contributed by atoms with Gasteiger partial charge in [0.25, 0.3) is 6.47 Å². The SMILES string of the molecule is C=C(C/C(C)=C/c1c(C)nc2c(c1CC)CN1C(=C)C(CCC)=C(C)C=C21)N1CCC(N2CCCCC2)CC1.CC.CC.O=CO. The molecule has 4 aliphatic rings. The third-order valence-corrected chi connectivity index (χ3v) is 9.54. The molecule has 0 spiro atoms. The number of nitrogens with zero attached hydrogens (tertiary/aromatic N) is 4. The molecule has 1 aromatic heterocycles. The molecular weight excluding hydrogens is 568 g/mol. The van der Waals surface area contributed by atoms with Crippen molar-refractivity contribution in [3.63, 3.8) is 0 Å². The Morgan fingerprint density at radius 1 is 1.04 bits per heavy atom. The number of carboxylic acid groups (broad SMARTS) is 1. The summed E-state index contributed by atoms with van der Waals surface area (Å²) < 4.78 is 0. The van der Waals surface area contributed by atoms with E-state index in [4.69, 9.17) is 14.9 Å². The summed E-state index contributed by atoms with van der Waals surface area (Å²) in [6, 6.07) is 0.779. The zero-order valence-corrected chi connectivity index (χ0v) is 30.8. The number of fused-ring (bicyclic) bond motifs is 3. The van der Waals surface area contributed by atoms with Crippen molar-refractivity contribution >= 4 is 18.2 Å². The van der Waals surface area contributed by atoms with Crippen LogP contribution in [0.5, 0.6) is 0 Å². The molecule has 5 heterocycles. The predicted molar refractivity (Wildman–Crippen MR) is 197 cm³/mol. The van der Waals surface area contributed by atoms with Gasteiger partial charge in [0, 0.05) is 48.2 Å². The van der Waals surface area contributed by atoms with Crippen molar-refractivity contribution in [2.45, 2.75) is 133 Å². The average Bonchev–Trinajstić information content (AvgIpc) is 3.43. The lowest BCUT2D eigenvalue weighted by atomic mass is 9.94. The summed E-state index contributed by atoms with van der Waals surface area (Å²) in [7, 11) is 0. The lowest BCUT2D eigenvalue weighted by Crippen LogP contribution is -2.46. The minimum atomic E-state index is -0.250. The molecule has 0 atom stereocenters. The van der Waals surface area contributed by atoms with Crippen LogP contribution >= 0.6 is 0 Å². The van der Waals surface area contributed by atoms with E-state index in [-0.39, 0.29) is 6.47 Å². The second kappa shape index (κ2) is 19.5. The maximum absolute atomic E-state index is 8.36. The maximum atomic E-state index is 8.36. The van der Waals surface area contributed by atoms with Gasteiger partial charge in [-0.25, -0.2) is 0 Å². The van der Waals surface area contributed by atoms with Gasteiger partial charge in [0.05, 0.1) is 17.9 Å². The topological polar surface area (TPSA) is 59.9 Å².